The molecule has 0 heterocycles. The van der Waals surface area contributed by atoms with Gasteiger partial charge in [-0.1, -0.05) is 11.6 Å². The van der Waals surface area contributed by atoms with Crippen molar-refractivity contribution in [2.24, 2.45) is 0 Å². The minimum Gasteiger partial charge on any atom is -0.491 e. The van der Waals surface area contributed by atoms with E-state index in [1.165, 1.54) is 0 Å². The molecule has 1 rings (SSSR count). The van der Waals surface area contributed by atoms with E-state index >= 15 is 0 Å². The molecule has 0 bridgehead atoms. The van der Waals surface area contributed by atoms with Gasteiger partial charge in [0.1, 0.15) is 12.4 Å². The van der Waals surface area contributed by atoms with Gasteiger partial charge in [-0.15, -0.1) is 0 Å². The molecule has 1 aromatic carbocycles. The second-order valence-corrected chi connectivity index (χ2v) is 4.60. The zero-order valence-corrected chi connectivity index (χ0v) is 12.2. The van der Waals surface area contributed by atoms with Crippen LogP contribution in [0.5, 0.6) is 5.75 Å². The maximum Gasteiger partial charge on any atom is 0.125 e. The van der Waals surface area contributed by atoms with Gasteiger partial charge in [0, 0.05) is 30.9 Å². The number of methoxy groups -OCH3 is 1. The lowest BCUT2D eigenvalue weighted by molar-refractivity contribution is 0.0795. The van der Waals surface area contributed by atoms with Gasteiger partial charge in [-0.05, 0) is 31.5 Å². The highest BCUT2D eigenvalue weighted by Crippen LogP contribution is 2.28. The molecule has 0 amide bonds. The minimum atomic E-state index is -0.615. The van der Waals surface area contributed by atoms with Crippen molar-refractivity contribution in [3.63, 3.8) is 0 Å². The van der Waals surface area contributed by atoms with Gasteiger partial charge >= 0.3 is 0 Å². The van der Waals surface area contributed by atoms with E-state index < -0.39 is 6.10 Å². The van der Waals surface area contributed by atoms with E-state index in [2.05, 4.69) is 0 Å². The first-order chi connectivity index (χ1) is 9.15. The van der Waals surface area contributed by atoms with Crippen molar-refractivity contribution in [3.8, 4) is 5.75 Å². The van der Waals surface area contributed by atoms with Crippen molar-refractivity contribution < 1.29 is 19.3 Å². The van der Waals surface area contributed by atoms with E-state index in [1.54, 1.807) is 32.2 Å². The number of aliphatic hydroxyl groups is 1. The lowest BCUT2D eigenvalue weighted by Crippen LogP contribution is -2.10. The van der Waals surface area contributed by atoms with Crippen LogP contribution in [0.15, 0.2) is 18.2 Å². The van der Waals surface area contributed by atoms with Gasteiger partial charge in [0.2, 0.25) is 0 Å². The number of hydrogen-bond acceptors (Lipinski definition) is 4. The molecule has 4 nitrogen and oxygen atoms in total. The van der Waals surface area contributed by atoms with Crippen LogP contribution in [0.3, 0.4) is 0 Å². The van der Waals surface area contributed by atoms with Crippen LogP contribution >= 0.6 is 11.6 Å². The topological polar surface area (TPSA) is 47.9 Å². The standard InChI is InChI=1S/C14H21ClO4/c1-11(16)13-10-12(15)4-5-14(13)19-9-8-18-7-3-6-17-2/h4-5,10-11,16H,3,6-9H2,1-2H3. The van der Waals surface area contributed by atoms with Crippen LogP contribution < -0.4 is 4.74 Å². The predicted octanol–water partition coefficient (Wildman–Crippen LogP) is 2.83. The molecule has 0 aliphatic carbocycles. The normalized spacial score (nSPS) is 12.4. The Hall–Kier alpha value is -0.810. The number of rotatable bonds is 9. The van der Waals surface area contributed by atoms with Gasteiger partial charge in [0.25, 0.3) is 0 Å². The summed E-state index contributed by atoms with van der Waals surface area (Å²) in [6.07, 6.45) is 0.257. The molecule has 0 saturated carbocycles. The van der Waals surface area contributed by atoms with E-state index in [1.807, 2.05) is 0 Å². The molecule has 0 saturated heterocycles. The van der Waals surface area contributed by atoms with Gasteiger partial charge in [-0.3, -0.25) is 0 Å². The molecule has 1 atom stereocenters. The van der Waals surface area contributed by atoms with Crippen LogP contribution in [-0.2, 0) is 9.47 Å². The highest BCUT2D eigenvalue weighted by atomic mass is 35.5. The van der Waals surface area contributed by atoms with E-state index in [-0.39, 0.29) is 0 Å². The van der Waals surface area contributed by atoms with Crippen LogP contribution in [-0.4, -0.2) is 38.6 Å². The lowest BCUT2D eigenvalue weighted by atomic mass is 10.1. The first kappa shape index (κ1) is 16.2. The summed E-state index contributed by atoms with van der Waals surface area (Å²) < 4.78 is 15.9. The van der Waals surface area contributed by atoms with E-state index in [0.717, 1.165) is 6.42 Å². The van der Waals surface area contributed by atoms with Crippen LogP contribution in [0.2, 0.25) is 5.02 Å². The quantitative estimate of drug-likeness (QED) is 0.710. The fourth-order valence-corrected chi connectivity index (χ4v) is 1.78. The average molecular weight is 289 g/mol. The molecular formula is C14H21ClO4. The molecule has 1 N–H and O–H groups in total. The monoisotopic (exact) mass is 288 g/mol. The number of benzene rings is 1. The smallest absolute Gasteiger partial charge is 0.125 e. The van der Waals surface area contributed by atoms with Crippen molar-refractivity contribution in [2.45, 2.75) is 19.4 Å². The number of halogens is 1. The third-order valence-corrected chi connectivity index (χ3v) is 2.78. The van der Waals surface area contributed by atoms with Crippen molar-refractivity contribution >= 4 is 11.6 Å². The Labute approximate surface area is 119 Å². The Balaban J connectivity index is 2.33. The Morgan fingerprint density at radius 3 is 2.68 bits per heavy atom. The Morgan fingerprint density at radius 1 is 1.21 bits per heavy atom. The van der Waals surface area contributed by atoms with Crippen molar-refractivity contribution in [3.05, 3.63) is 28.8 Å². The van der Waals surface area contributed by atoms with Gasteiger partial charge in [0.05, 0.1) is 12.7 Å². The van der Waals surface area contributed by atoms with Gasteiger partial charge in [0.15, 0.2) is 0 Å². The molecule has 0 aromatic heterocycles. The van der Waals surface area contributed by atoms with Crippen molar-refractivity contribution in [1.29, 1.82) is 0 Å². The van der Waals surface area contributed by atoms with Gasteiger partial charge in [-0.2, -0.15) is 0 Å². The van der Waals surface area contributed by atoms with Crippen LogP contribution in [0.25, 0.3) is 0 Å². The molecule has 19 heavy (non-hydrogen) atoms. The van der Waals surface area contributed by atoms with Crippen LogP contribution in [0, 0.1) is 0 Å². The minimum absolute atomic E-state index is 0.439. The fraction of sp³-hybridized carbons (Fsp3) is 0.571. The zero-order valence-electron chi connectivity index (χ0n) is 11.4. The second-order valence-electron chi connectivity index (χ2n) is 4.17. The highest BCUT2D eigenvalue weighted by molar-refractivity contribution is 6.30. The Bertz CT molecular complexity index is 368. The largest absolute Gasteiger partial charge is 0.491 e. The molecule has 1 aromatic rings. The third kappa shape index (κ3) is 6.25. The Kier molecular flexibility index (Phi) is 7.82. The van der Waals surface area contributed by atoms with Gasteiger partial charge in [-0.25, -0.2) is 0 Å². The summed E-state index contributed by atoms with van der Waals surface area (Å²) in [4.78, 5) is 0. The summed E-state index contributed by atoms with van der Waals surface area (Å²) >= 11 is 5.89. The molecule has 0 aliphatic heterocycles. The summed E-state index contributed by atoms with van der Waals surface area (Å²) in [5.74, 6) is 0.639. The summed E-state index contributed by atoms with van der Waals surface area (Å²) in [5.41, 5.74) is 0.687. The third-order valence-electron chi connectivity index (χ3n) is 2.54. The number of ether oxygens (including phenoxy) is 3. The van der Waals surface area contributed by atoms with E-state index in [0.29, 0.717) is 42.8 Å². The summed E-state index contributed by atoms with van der Waals surface area (Å²) in [6, 6.07) is 5.21. The summed E-state index contributed by atoms with van der Waals surface area (Å²) in [7, 11) is 1.67. The lowest BCUT2D eigenvalue weighted by Gasteiger charge is -2.14. The van der Waals surface area contributed by atoms with Gasteiger partial charge < -0.3 is 19.3 Å². The van der Waals surface area contributed by atoms with Crippen molar-refractivity contribution in [1.82, 2.24) is 0 Å². The molecule has 5 heteroatoms. The number of aliphatic hydroxyl groups excluding tert-OH is 1. The number of hydrogen-bond donors (Lipinski definition) is 1. The first-order valence-corrected chi connectivity index (χ1v) is 6.70. The maximum atomic E-state index is 9.65. The van der Waals surface area contributed by atoms with Crippen molar-refractivity contribution in [2.75, 3.05) is 33.5 Å². The van der Waals surface area contributed by atoms with Crippen LogP contribution in [0.1, 0.15) is 25.0 Å². The predicted molar refractivity (Wildman–Crippen MR) is 74.9 cm³/mol. The first-order valence-electron chi connectivity index (χ1n) is 6.32. The second kappa shape index (κ2) is 9.15. The van der Waals surface area contributed by atoms with E-state index in [4.69, 9.17) is 25.8 Å². The molecule has 0 radical (unpaired) electrons. The molecular weight excluding hydrogens is 268 g/mol. The molecule has 1 unspecified atom stereocenters. The zero-order chi connectivity index (χ0) is 14.1. The molecule has 0 aliphatic rings. The van der Waals surface area contributed by atoms with Crippen LogP contribution in [0.4, 0.5) is 0 Å². The fourth-order valence-electron chi connectivity index (χ4n) is 1.60. The molecule has 0 fully saturated rings. The molecule has 108 valence electrons. The summed E-state index contributed by atoms with van der Waals surface area (Å²) in [6.45, 7) is 3.98. The SMILES string of the molecule is COCCCOCCOc1ccc(Cl)cc1C(C)O. The summed E-state index contributed by atoms with van der Waals surface area (Å²) in [5, 5.41) is 10.2. The van der Waals surface area contributed by atoms with E-state index in [9.17, 15) is 5.11 Å². The average Bonchev–Trinajstić information content (AvgIpc) is 2.39. The molecule has 0 spiro atoms. The maximum absolute atomic E-state index is 9.65. The highest BCUT2D eigenvalue weighted by Gasteiger charge is 2.09. The Morgan fingerprint density at radius 2 is 2.00 bits per heavy atom.